The first-order valence-corrected chi connectivity index (χ1v) is 9.63. The Morgan fingerprint density at radius 1 is 1.36 bits per heavy atom. The van der Waals surface area contributed by atoms with Crippen LogP contribution < -0.4 is 0 Å². The Bertz CT molecular complexity index is 894. The maximum atomic E-state index is 6.54. The molecule has 130 valence electrons. The molecule has 0 radical (unpaired) electrons. The summed E-state index contributed by atoms with van der Waals surface area (Å²) in [5.41, 5.74) is 2.87. The van der Waals surface area contributed by atoms with E-state index in [2.05, 4.69) is 15.5 Å². The van der Waals surface area contributed by atoms with Gasteiger partial charge in [0.15, 0.2) is 0 Å². The minimum atomic E-state index is 0.201. The standard InChI is InChI=1S/C17H18ClN5OS/c1-11-13-6-2-3-7-14(13)19-15(16(11)18)10-25-17-20-21-22-23(17)9-12-5-4-8-24-12/h2-3,6-7,12H,4-5,8-10H2,1H3/t12-/m1/s1. The number of para-hydroxylation sites is 1. The predicted molar refractivity (Wildman–Crippen MR) is 97.8 cm³/mol. The Hall–Kier alpha value is -1.70. The molecule has 0 saturated carbocycles. The number of hydrogen-bond donors (Lipinski definition) is 0. The van der Waals surface area contributed by atoms with Crippen molar-refractivity contribution >= 4 is 34.3 Å². The minimum absolute atomic E-state index is 0.201. The summed E-state index contributed by atoms with van der Waals surface area (Å²) in [4.78, 5) is 4.71. The SMILES string of the molecule is Cc1c(Cl)c(CSc2nnnn2C[C@H]2CCCO2)nc2ccccc12. The number of nitrogens with zero attached hydrogens (tertiary/aromatic N) is 5. The summed E-state index contributed by atoms with van der Waals surface area (Å²) >= 11 is 8.08. The molecule has 0 amide bonds. The van der Waals surface area contributed by atoms with Crippen molar-refractivity contribution in [2.24, 2.45) is 0 Å². The van der Waals surface area contributed by atoms with Crippen molar-refractivity contribution in [1.29, 1.82) is 0 Å². The van der Waals surface area contributed by atoms with Crippen molar-refractivity contribution < 1.29 is 4.74 Å². The van der Waals surface area contributed by atoms with E-state index in [4.69, 9.17) is 21.3 Å². The van der Waals surface area contributed by atoms with Gasteiger partial charge in [0.25, 0.3) is 0 Å². The van der Waals surface area contributed by atoms with E-state index in [0.29, 0.717) is 17.3 Å². The molecule has 0 N–H and O–H groups in total. The Morgan fingerprint density at radius 2 is 2.24 bits per heavy atom. The molecule has 8 heteroatoms. The lowest BCUT2D eigenvalue weighted by Gasteiger charge is -2.11. The molecule has 0 aliphatic carbocycles. The fourth-order valence-corrected chi connectivity index (χ4v) is 4.16. The molecule has 2 aromatic heterocycles. The van der Waals surface area contributed by atoms with Crippen LogP contribution in [0.1, 0.15) is 24.1 Å². The third-order valence-electron chi connectivity index (χ3n) is 4.38. The molecule has 1 aliphatic heterocycles. The molecule has 1 atom stereocenters. The molecule has 0 spiro atoms. The average Bonchev–Trinajstić information content (AvgIpc) is 3.29. The second-order valence-corrected chi connectivity index (χ2v) is 7.40. The highest BCUT2D eigenvalue weighted by atomic mass is 35.5. The molecule has 1 aliphatic rings. The van der Waals surface area contributed by atoms with Crippen molar-refractivity contribution in [2.45, 2.75) is 43.3 Å². The monoisotopic (exact) mass is 375 g/mol. The number of tetrazole rings is 1. The molecular weight excluding hydrogens is 358 g/mol. The summed E-state index contributed by atoms with van der Waals surface area (Å²) in [6, 6.07) is 8.04. The fourth-order valence-electron chi connectivity index (χ4n) is 3.04. The van der Waals surface area contributed by atoms with Gasteiger partial charge in [0, 0.05) is 17.7 Å². The van der Waals surface area contributed by atoms with Crippen LogP contribution in [-0.4, -0.2) is 37.9 Å². The quantitative estimate of drug-likeness (QED) is 0.634. The molecule has 4 rings (SSSR count). The third kappa shape index (κ3) is 3.49. The van der Waals surface area contributed by atoms with Crippen LogP contribution in [0.15, 0.2) is 29.4 Å². The molecule has 3 aromatic rings. The van der Waals surface area contributed by atoms with Gasteiger partial charge in [0.1, 0.15) is 0 Å². The summed E-state index contributed by atoms with van der Waals surface area (Å²) in [6.45, 7) is 3.54. The van der Waals surface area contributed by atoms with Crippen LogP contribution in [0.5, 0.6) is 0 Å². The van der Waals surface area contributed by atoms with E-state index in [-0.39, 0.29) is 6.10 Å². The van der Waals surface area contributed by atoms with E-state index in [1.807, 2.05) is 35.9 Å². The van der Waals surface area contributed by atoms with Crippen molar-refractivity contribution in [3.63, 3.8) is 0 Å². The smallest absolute Gasteiger partial charge is 0.209 e. The van der Waals surface area contributed by atoms with Crippen LogP contribution >= 0.6 is 23.4 Å². The summed E-state index contributed by atoms with van der Waals surface area (Å²) < 4.78 is 7.48. The van der Waals surface area contributed by atoms with Gasteiger partial charge in [-0.2, -0.15) is 0 Å². The zero-order valence-corrected chi connectivity index (χ0v) is 15.4. The molecule has 1 saturated heterocycles. The van der Waals surface area contributed by atoms with Crippen LogP contribution in [0.25, 0.3) is 10.9 Å². The van der Waals surface area contributed by atoms with Gasteiger partial charge in [-0.05, 0) is 41.8 Å². The maximum Gasteiger partial charge on any atom is 0.209 e. The molecule has 6 nitrogen and oxygen atoms in total. The molecule has 1 fully saturated rings. The lowest BCUT2D eigenvalue weighted by Crippen LogP contribution is -2.16. The van der Waals surface area contributed by atoms with Crippen LogP contribution in [0, 0.1) is 6.92 Å². The first kappa shape index (κ1) is 16.8. The second kappa shape index (κ2) is 7.27. The highest BCUT2D eigenvalue weighted by molar-refractivity contribution is 7.98. The predicted octanol–water partition coefficient (Wildman–Crippen LogP) is 3.65. The minimum Gasteiger partial charge on any atom is -0.376 e. The summed E-state index contributed by atoms with van der Waals surface area (Å²) in [5.74, 6) is 0.621. The number of hydrogen-bond acceptors (Lipinski definition) is 6. The van der Waals surface area contributed by atoms with E-state index in [9.17, 15) is 0 Å². The van der Waals surface area contributed by atoms with E-state index >= 15 is 0 Å². The van der Waals surface area contributed by atoms with Crippen LogP contribution in [-0.2, 0) is 17.0 Å². The van der Waals surface area contributed by atoms with E-state index in [1.165, 1.54) is 0 Å². The average molecular weight is 376 g/mol. The number of rotatable bonds is 5. The van der Waals surface area contributed by atoms with Gasteiger partial charge in [0.2, 0.25) is 5.16 Å². The summed E-state index contributed by atoms with van der Waals surface area (Å²) in [5, 5.41) is 14.6. The molecule has 25 heavy (non-hydrogen) atoms. The normalized spacial score (nSPS) is 17.4. The molecular formula is C17H18ClN5OS. The first-order chi connectivity index (χ1) is 12.2. The zero-order chi connectivity index (χ0) is 17.2. The fraction of sp³-hybridized carbons (Fsp3) is 0.412. The topological polar surface area (TPSA) is 65.7 Å². The van der Waals surface area contributed by atoms with Crippen molar-refractivity contribution in [3.8, 4) is 0 Å². The van der Waals surface area contributed by atoms with Gasteiger partial charge < -0.3 is 4.74 Å². The van der Waals surface area contributed by atoms with Crippen LogP contribution in [0.3, 0.4) is 0 Å². The Kier molecular flexibility index (Phi) is 4.87. The number of benzene rings is 1. The molecule has 1 aromatic carbocycles. The number of aromatic nitrogens is 5. The van der Waals surface area contributed by atoms with Gasteiger partial charge in [-0.15, -0.1) is 5.10 Å². The van der Waals surface area contributed by atoms with Crippen molar-refractivity contribution in [3.05, 3.63) is 40.5 Å². The molecule has 0 bridgehead atoms. The van der Waals surface area contributed by atoms with E-state index in [1.54, 1.807) is 11.8 Å². The van der Waals surface area contributed by atoms with Gasteiger partial charge >= 0.3 is 0 Å². The largest absolute Gasteiger partial charge is 0.376 e. The zero-order valence-electron chi connectivity index (χ0n) is 13.9. The summed E-state index contributed by atoms with van der Waals surface area (Å²) in [7, 11) is 0. The number of pyridine rings is 1. The van der Waals surface area contributed by atoms with Crippen molar-refractivity contribution in [1.82, 2.24) is 25.2 Å². The van der Waals surface area contributed by atoms with Gasteiger partial charge in [-0.1, -0.05) is 41.6 Å². The van der Waals surface area contributed by atoms with E-state index < -0.39 is 0 Å². The number of aryl methyl sites for hydroxylation is 1. The van der Waals surface area contributed by atoms with Crippen LogP contribution in [0.4, 0.5) is 0 Å². The van der Waals surface area contributed by atoms with Crippen molar-refractivity contribution in [2.75, 3.05) is 6.61 Å². The molecule has 0 unspecified atom stereocenters. The number of thioether (sulfide) groups is 1. The van der Waals surface area contributed by atoms with Gasteiger partial charge in [-0.25, -0.2) is 4.68 Å². The number of halogens is 1. The lowest BCUT2D eigenvalue weighted by atomic mass is 10.1. The number of ether oxygens (including phenoxy) is 1. The Balaban J connectivity index is 1.53. The van der Waals surface area contributed by atoms with Gasteiger partial charge in [0.05, 0.1) is 28.9 Å². The lowest BCUT2D eigenvalue weighted by molar-refractivity contribution is 0.0912. The number of fused-ring (bicyclic) bond motifs is 1. The molecule has 3 heterocycles. The first-order valence-electron chi connectivity index (χ1n) is 8.26. The maximum absolute atomic E-state index is 6.54. The Labute approximate surface area is 154 Å². The Morgan fingerprint density at radius 3 is 3.08 bits per heavy atom. The second-order valence-electron chi connectivity index (χ2n) is 6.08. The van der Waals surface area contributed by atoms with Crippen LogP contribution in [0.2, 0.25) is 5.02 Å². The highest BCUT2D eigenvalue weighted by Crippen LogP contribution is 2.30. The summed E-state index contributed by atoms with van der Waals surface area (Å²) in [6.07, 6.45) is 2.36. The highest BCUT2D eigenvalue weighted by Gasteiger charge is 2.19. The third-order valence-corrected chi connectivity index (χ3v) is 5.85. The van der Waals surface area contributed by atoms with Gasteiger partial charge in [-0.3, -0.25) is 4.98 Å². The van der Waals surface area contributed by atoms with E-state index in [0.717, 1.165) is 46.8 Å².